The summed E-state index contributed by atoms with van der Waals surface area (Å²) in [5.74, 6) is -1.54. The summed E-state index contributed by atoms with van der Waals surface area (Å²) < 4.78 is 13.8. The molecule has 0 aromatic heterocycles. The maximum Gasteiger partial charge on any atom is 0.256 e. The van der Waals surface area contributed by atoms with Crippen LogP contribution >= 0.6 is 0 Å². The fourth-order valence-corrected chi connectivity index (χ4v) is 3.83. The van der Waals surface area contributed by atoms with Crippen LogP contribution in [0.5, 0.6) is 0 Å². The highest BCUT2D eigenvalue weighted by Gasteiger charge is 2.40. The highest BCUT2D eigenvalue weighted by Crippen LogP contribution is 2.31. The Kier molecular flexibility index (Phi) is 4.81. The molecule has 0 radical (unpaired) electrons. The van der Waals surface area contributed by atoms with E-state index in [1.807, 2.05) is 0 Å². The second-order valence-corrected chi connectivity index (χ2v) is 6.98. The lowest BCUT2D eigenvalue weighted by Crippen LogP contribution is -2.52. The molecule has 2 aromatic carbocycles. The van der Waals surface area contributed by atoms with Gasteiger partial charge < -0.3 is 15.1 Å². The minimum atomic E-state index is -0.574. The predicted molar refractivity (Wildman–Crippen MR) is 103 cm³/mol. The SMILES string of the molecule is O=C(CN1C(=O)[C@@H]2CCCCN2C(=O)c2ccccc21)Nc1ccccc1F. The molecule has 0 saturated carbocycles. The summed E-state index contributed by atoms with van der Waals surface area (Å²) in [6.07, 6.45) is 2.28. The van der Waals surface area contributed by atoms with Gasteiger partial charge in [-0.15, -0.1) is 0 Å². The minimum absolute atomic E-state index is 0.0541. The number of carbonyl (C=O) groups excluding carboxylic acids is 3. The number of amides is 3. The van der Waals surface area contributed by atoms with Gasteiger partial charge >= 0.3 is 0 Å². The molecule has 2 aliphatic heterocycles. The smallest absolute Gasteiger partial charge is 0.256 e. The van der Waals surface area contributed by atoms with Crippen molar-refractivity contribution in [2.75, 3.05) is 23.3 Å². The third kappa shape index (κ3) is 3.24. The summed E-state index contributed by atoms with van der Waals surface area (Å²) in [5.41, 5.74) is 0.868. The molecule has 1 saturated heterocycles. The lowest BCUT2D eigenvalue weighted by atomic mass is 10.0. The summed E-state index contributed by atoms with van der Waals surface area (Å²) >= 11 is 0. The number of carbonyl (C=O) groups is 3. The number of fused-ring (bicyclic) bond motifs is 2. The van der Waals surface area contributed by atoms with Gasteiger partial charge in [-0.25, -0.2) is 4.39 Å². The third-order valence-corrected chi connectivity index (χ3v) is 5.19. The fraction of sp³-hybridized carbons (Fsp3) is 0.286. The van der Waals surface area contributed by atoms with E-state index in [4.69, 9.17) is 0 Å². The average molecular weight is 381 g/mol. The van der Waals surface area contributed by atoms with Crippen molar-refractivity contribution in [1.29, 1.82) is 0 Å². The van der Waals surface area contributed by atoms with Crippen molar-refractivity contribution >= 4 is 29.1 Å². The maximum atomic E-state index is 13.8. The lowest BCUT2D eigenvalue weighted by Gasteiger charge is -2.34. The molecule has 144 valence electrons. The van der Waals surface area contributed by atoms with Crippen LogP contribution in [0, 0.1) is 5.82 Å². The number of piperidine rings is 1. The van der Waals surface area contributed by atoms with Crippen molar-refractivity contribution in [3.05, 3.63) is 59.9 Å². The lowest BCUT2D eigenvalue weighted by molar-refractivity contribution is -0.125. The Morgan fingerprint density at radius 2 is 1.82 bits per heavy atom. The molecule has 7 heteroatoms. The Morgan fingerprint density at radius 3 is 2.64 bits per heavy atom. The van der Waals surface area contributed by atoms with Crippen LogP contribution in [0.15, 0.2) is 48.5 Å². The summed E-state index contributed by atoms with van der Waals surface area (Å²) in [6, 6.07) is 12.1. The highest BCUT2D eigenvalue weighted by molar-refractivity contribution is 6.13. The first-order valence-corrected chi connectivity index (χ1v) is 9.32. The fourth-order valence-electron chi connectivity index (χ4n) is 3.83. The van der Waals surface area contributed by atoms with E-state index >= 15 is 0 Å². The van der Waals surface area contributed by atoms with Crippen LogP contribution in [0.3, 0.4) is 0 Å². The molecular weight excluding hydrogens is 361 g/mol. The summed E-state index contributed by atoms with van der Waals surface area (Å²) in [4.78, 5) is 41.7. The van der Waals surface area contributed by atoms with Crippen LogP contribution in [-0.4, -0.2) is 41.8 Å². The normalized spacial score (nSPS) is 19.0. The molecule has 0 aliphatic carbocycles. The number of rotatable bonds is 3. The van der Waals surface area contributed by atoms with E-state index in [1.54, 1.807) is 35.2 Å². The topological polar surface area (TPSA) is 69.7 Å². The van der Waals surface area contributed by atoms with Gasteiger partial charge in [0.15, 0.2) is 0 Å². The Bertz CT molecular complexity index is 946. The molecule has 1 fully saturated rings. The van der Waals surface area contributed by atoms with Gasteiger partial charge in [0.25, 0.3) is 5.91 Å². The predicted octanol–water partition coefficient (Wildman–Crippen LogP) is 2.81. The Morgan fingerprint density at radius 1 is 1.07 bits per heavy atom. The summed E-state index contributed by atoms with van der Waals surface area (Å²) in [6.45, 7) is 0.237. The Hall–Kier alpha value is -3.22. The van der Waals surface area contributed by atoms with Crippen molar-refractivity contribution in [3.8, 4) is 0 Å². The highest BCUT2D eigenvalue weighted by atomic mass is 19.1. The molecule has 2 aromatic rings. The summed E-state index contributed by atoms with van der Waals surface area (Å²) in [7, 11) is 0. The van der Waals surface area contributed by atoms with Crippen molar-refractivity contribution in [2.24, 2.45) is 0 Å². The molecule has 4 rings (SSSR count). The standard InChI is InChI=1S/C21H20FN3O3/c22-15-8-2-3-9-16(15)23-19(26)13-25-17-10-4-1-7-14(17)20(27)24-12-6-5-11-18(24)21(25)28/h1-4,7-10,18H,5-6,11-13H2,(H,23,26)/t18-/m0/s1. The van der Waals surface area contributed by atoms with Gasteiger partial charge in [-0.05, 0) is 43.5 Å². The first-order chi connectivity index (χ1) is 13.6. The van der Waals surface area contributed by atoms with Gasteiger partial charge in [0.2, 0.25) is 11.8 Å². The molecule has 2 aliphatic rings. The molecule has 1 N–H and O–H groups in total. The van der Waals surface area contributed by atoms with Gasteiger partial charge in [0.05, 0.1) is 16.9 Å². The number of anilines is 2. The van der Waals surface area contributed by atoms with Crippen LogP contribution in [-0.2, 0) is 9.59 Å². The van der Waals surface area contributed by atoms with Crippen molar-refractivity contribution in [2.45, 2.75) is 25.3 Å². The number of hydrogen-bond donors (Lipinski definition) is 1. The van der Waals surface area contributed by atoms with Gasteiger partial charge in [-0.2, -0.15) is 0 Å². The average Bonchev–Trinajstić information content (AvgIpc) is 2.80. The van der Waals surface area contributed by atoms with Crippen LogP contribution in [0.4, 0.5) is 15.8 Å². The van der Waals surface area contributed by atoms with Gasteiger partial charge in [-0.3, -0.25) is 14.4 Å². The number of para-hydroxylation sites is 2. The zero-order chi connectivity index (χ0) is 19.7. The Balaban J connectivity index is 1.65. The van der Waals surface area contributed by atoms with E-state index in [0.29, 0.717) is 24.2 Å². The minimum Gasteiger partial charge on any atom is -0.327 e. The second-order valence-electron chi connectivity index (χ2n) is 6.98. The molecule has 6 nitrogen and oxygen atoms in total. The van der Waals surface area contributed by atoms with E-state index < -0.39 is 17.8 Å². The number of nitrogens with one attached hydrogen (secondary N) is 1. The van der Waals surface area contributed by atoms with Crippen LogP contribution in [0.2, 0.25) is 0 Å². The molecule has 1 atom stereocenters. The quantitative estimate of drug-likeness (QED) is 0.889. The number of halogens is 1. The Labute approximate surface area is 161 Å². The zero-order valence-electron chi connectivity index (χ0n) is 15.2. The molecule has 0 unspecified atom stereocenters. The van der Waals surface area contributed by atoms with Crippen LogP contribution in [0.1, 0.15) is 29.6 Å². The molecule has 0 bridgehead atoms. The molecule has 3 amide bonds. The van der Waals surface area contributed by atoms with E-state index in [1.165, 1.54) is 23.1 Å². The van der Waals surface area contributed by atoms with E-state index in [-0.39, 0.29) is 24.0 Å². The first-order valence-electron chi connectivity index (χ1n) is 9.32. The molecule has 0 spiro atoms. The van der Waals surface area contributed by atoms with Crippen molar-refractivity contribution in [3.63, 3.8) is 0 Å². The monoisotopic (exact) mass is 381 g/mol. The van der Waals surface area contributed by atoms with Gasteiger partial charge in [0, 0.05) is 6.54 Å². The van der Waals surface area contributed by atoms with Gasteiger partial charge in [-0.1, -0.05) is 24.3 Å². The first kappa shape index (κ1) is 18.2. The van der Waals surface area contributed by atoms with Crippen molar-refractivity contribution in [1.82, 2.24) is 4.90 Å². The largest absolute Gasteiger partial charge is 0.327 e. The number of benzene rings is 2. The number of nitrogens with zero attached hydrogens (tertiary/aromatic N) is 2. The molecular formula is C21H20FN3O3. The third-order valence-electron chi connectivity index (χ3n) is 5.19. The summed E-state index contributed by atoms with van der Waals surface area (Å²) in [5, 5.41) is 2.51. The number of hydrogen-bond acceptors (Lipinski definition) is 3. The zero-order valence-corrected chi connectivity index (χ0v) is 15.2. The molecule has 2 heterocycles. The maximum absolute atomic E-state index is 13.8. The van der Waals surface area contributed by atoms with E-state index in [9.17, 15) is 18.8 Å². The molecule has 28 heavy (non-hydrogen) atoms. The van der Waals surface area contributed by atoms with E-state index in [0.717, 1.165) is 12.8 Å². The van der Waals surface area contributed by atoms with Crippen molar-refractivity contribution < 1.29 is 18.8 Å². The van der Waals surface area contributed by atoms with Gasteiger partial charge in [0.1, 0.15) is 18.4 Å². The van der Waals surface area contributed by atoms with E-state index in [2.05, 4.69) is 5.32 Å². The van der Waals surface area contributed by atoms with Crippen LogP contribution in [0.25, 0.3) is 0 Å². The second kappa shape index (κ2) is 7.42. The van der Waals surface area contributed by atoms with Crippen LogP contribution < -0.4 is 10.2 Å².